The minimum absolute atomic E-state index is 0.346. The molecule has 2 rings (SSSR count). The van der Waals surface area contributed by atoms with Crippen molar-refractivity contribution < 1.29 is 9.53 Å². The summed E-state index contributed by atoms with van der Waals surface area (Å²) in [6, 6.07) is 0.776. The topological polar surface area (TPSA) is 54.5 Å². The van der Waals surface area contributed by atoms with E-state index in [1.165, 1.54) is 24.2 Å². The SMILES string of the molecule is CCOC(=O)c1ncsc1NCCN(CC)C1CC1. The normalized spacial score (nSPS) is 14.7. The lowest BCUT2D eigenvalue weighted by Crippen LogP contribution is -2.31. The highest BCUT2D eigenvalue weighted by atomic mass is 32.1. The number of nitrogens with one attached hydrogen (secondary N) is 1. The third kappa shape index (κ3) is 3.91. The molecule has 19 heavy (non-hydrogen) atoms. The van der Waals surface area contributed by atoms with Crippen LogP contribution in [0, 0.1) is 0 Å². The molecule has 0 aliphatic heterocycles. The number of hydrogen-bond donors (Lipinski definition) is 1. The Labute approximate surface area is 118 Å². The van der Waals surface area contributed by atoms with Gasteiger partial charge in [0.15, 0.2) is 5.69 Å². The van der Waals surface area contributed by atoms with Gasteiger partial charge in [-0.05, 0) is 26.3 Å². The fraction of sp³-hybridized carbons (Fsp3) is 0.692. The zero-order chi connectivity index (χ0) is 13.7. The number of thiazole rings is 1. The van der Waals surface area contributed by atoms with Crippen LogP contribution in [0.2, 0.25) is 0 Å². The second-order valence-corrected chi connectivity index (χ2v) is 5.39. The standard InChI is InChI=1S/C13H21N3O2S/c1-3-16(10-5-6-10)8-7-14-12-11(15-9-19-12)13(17)18-4-2/h9-10,14H,3-8H2,1-2H3. The van der Waals surface area contributed by atoms with Crippen molar-refractivity contribution in [2.45, 2.75) is 32.7 Å². The van der Waals surface area contributed by atoms with Crippen molar-refractivity contribution in [3.8, 4) is 0 Å². The predicted molar refractivity (Wildman–Crippen MR) is 76.8 cm³/mol. The number of likely N-dealkylation sites (N-methyl/N-ethyl adjacent to an activating group) is 1. The molecule has 0 bridgehead atoms. The third-order valence-electron chi connectivity index (χ3n) is 3.19. The van der Waals surface area contributed by atoms with Gasteiger partial charge in [0.05, 0.1) is 12.1 Å². The summed E-state index contributed by atoms with van der Waals surface area (Å²) in [6.07, 6.45) is 2.64. The van der Waals surface area contributed by atoms with Crippen LogP contribution in [0.1, 0.15) is 37.2 Å². The van der Waals surface area contributed by atoms with Crippen molar-refractivity contribution in [1.29, 1.82) is 0 Å². The maximum Gasteiger partial charge on any atom is 0.360 e. The molecule has 0 amide bonds. The molecule has 0 spiro atoms. The number of aromatic nitrogens is 1. The highest BCUT2D eigenvalue weighted by Gasteiger charge is 2.27. The molecular formula is C13H21N3O2S. The Hall–Kier alpha value is -1.14. The van der Waals surface area contributed by atoms with Gasteiger partial charge in [-0.15, -0.1) is 11.3 Å². The van der Waals surface area contributed by atoms with Crippen molar-refractivity contribution in [2.75, 3.05) is 31.6 Å². The molecule has 5 nitrogen and oxygen atoms in total. The van der Waals surface area contributed by atoms with Crippen molar-refractivity contribution in [3.05, 3.63) is 11.2 Å². The van der Waals surface area contributed by atoms with E-state index in [-0.39, 0.29) is 5.97 Å². The van der Waals surface area contributed by atoms with E-state index in [2.05, 4.69) is 22.1 Å². The highest BCUT2D eigenvalue weighted by Crippen LogP contribution is 2.26. The Morgan fingerprint density at radius 1 is 1.58 bits per heavy atom. The van der Waals surface area contributed by atoms with Crippen LogP contribution in [-0.4, -0.2) is 48.1 Å². The zero-order valence-electron chi connectivity index (χ0n) is 11.5. The van der Waals surface area contributed by atoms with Gasteiger partial charge in [-0.3, -0.25) is 4.90 Å². The van der Waals surface area contributed by atoms with E-state index in [0.29, 0.717) is 12.3 Å². The van der Waals surface area contributed by atoms with E-state index in [0.717, 1.165) is 30.7 Å². The Morgan fingerprint density at radius 2 is 2.37 bits per heavy atom. The van der Waals surface area contributed by atoms with Crippen LogP contribution >= 0.6 is 11.3 Å². The first-order valence-electron chi connectivity index (χ1n) is 6.84. The molecule has 1 N–H and O–H groups in total. The van der Waals surface area contributed by atoms with E-state index in [9.17, 15) is 4.79 Å². The predicted octanol–water partition coefficient (Wildman–Crippen LogP) is 2.22. The Balaban J connectivity index is 1.82. The van der Waals surface area contributed by atoms with Crippen molar-refractivity contribution in [1.82, 2.24) is 9.88 Å². The first-order valence-corrected chi connectivity index (χ1v) is 7.72. The van der Waals surface area contributed by atoms with E-state index in [1.807, 2.05) is 0 Å². The van der Waals surface area contributed by atoms with Gasteiger partial charge < -0.3 is 10.1 Å². The first kappa shape index (κ1) is 14.3. The summed E-state index contributed by atoms with van der Waals surface area (Å²) in [7, 11) is 0. The molecule has 6 heteroatoms. The molecule has 106 valence electrons. The number of hydrogen-bond acceptors (Lipinski definition) is 6. The summed E-state index contributed by atoms with van der Waals surface area (Å²) in [6.45, 7) is 7.28. The van der Waals surface area contributed by atoms with Crippen LogP contribution in [-0.2, 0) is 4.74 Å². The second kappa shape index (κ2) is 6.86. The fourth-order valence-corrected chi connectivity index (χ4v) is 2.76. The largest absolute Gasteiger partial charge is 0.461 e. The highest BCUT2D eigenvalue weighted by molar-refractivity contribution is 7.14. The molecule has 0 unspecified atom stereocenters. The van der Waals surface area contributed by atoms with Crippen LogP contribution in [0.5, 0.6) is 0 Å². The summed E-state index contributed by atoms with van der Waals surface area (Å²) in [5, 5.41) is 4.10. The molecule has 1 saturated carbocycles. The zero-order valence-corrected chi connectivity index (χ0v) is 12.3. The molecule has 0 atom stereocenters. The third-order valence-corrected chi connectivity index (χ3v) is 3.97. The molecular weight excluding hydrogens is 262 g/mol. The van der Waals surface area contributed by atoms with Gasteiger partial charge >= 0.3 is 5.97 Å². The molecule has 0 saturated heterocycles. The minimum Gasteiger partial charge on any atom is -0.461 e. The maximum atomic E-state index is 11.7. The van der Waals surface area contributed by atoms with Crippen LogP contribution in [0.25, 0.3) is 0 Å². The molecule has 1 aromatic heterocycles. The number of nitrogens with zero attached hydrogens (tertiary/aromatic N) is 2. The summed E-state index contributed by atoms with van der Waals surface area (Å²) < 4.78 is 4.98. The van der Waals surface area contributed by atoms with Gasteiger partial charge in [0, 0.05) is 19.1 Å². The molecule has 0 aromatic carbocycles. The smallest absolute Gasteiger partial charge is 0.360 e. The van der Waals surface area contributed by atoms with Crippen molar-refractivity contribution >= 4 is 22.3 Å². The molecule has 0 radical (unpaired) electrons. The van der Waals surface area contributed by atoms with Crippen LogP contribution in [0.15, 0.2) is 5.51 Å². The van der Waals surface area contributed by atoms with Gasteiger partial charge in [0.1, 0.15) is 5.00 Å². The van der Waals surface area contributed by atoms with Gasteiger partial charge in [0.2, 0.25) is 0 Å². The lowest BCUT2D eigenvalue weighted by atomic mass is 10.4. The van der Waals surface area contributed by atoms with Crippen molar-refractivity contribution in [2.24, 2.45) is 0 Å². The van der Waals surface area contributed by atoms with Crippen molar-refractivity contribution in [3.63, 3.8) is 0 Å². The van der Waals surface area contributed by atoms with Crippen LogP contribution in [0.3, 0.4) is 0 Å². The number of rotatable bonds is 8. The minimum atomic E-state index is -0.346. The number of carbonyl (C=O) groups is 1. The monoisotopic (exact) mass is 283 g/mol. The first-order chi connectivity index (χ1) is 9.26. The van der Waals surface area contributed by atoms with E-state index in [4.69, 9.17) is 4.74 Å². The van der Waals surface area contributed by atoms with E-state index in [1.54, 1.807) is 12.4 Å². The molecule has 1 fully saturated rings. The lowest BCUT2D eigenvalue weighted by Gasteiger charge is -2.19. The summed E-state index contributed by atoms with van der Waals surface area (Å²) in [5.74, 6) is -0.346. The summed E-state index contributed by atoms with van der Waals surface area (Å²) in [4.78, 5) is 18.2. The average molecular weight is 283 g/mol. The molecule has 1 aliphatic carbocycles. The number of carbonyl (C=O) groups excluding carboxylic acids is 1. The molecule has 1 aliphatic rings. The number of ether oxygens (including phenoxy) is 1. The number of esters is 1. The average Bonchev–Trinajstić information content (AvgIpc) is 3.13. The second-order valence-electron chi connectivity index (χ2n) is 4.54. The quantitative estimate of drug-likeness (QED) is 0.741. The fourth-order valence-electron chi connectivity index (χ4n) is 2.07. The Morgan fingerprint density at radius 3 is 3.00 bits per heavy atom. The van der Waals surface area contributed by atoms with E-state index >= 15 is 0 Å². The van der Waals surface area contributed by atoms with Gasteiger partial charge in [0.25, 0.3) is 0 Å². The summed E-state index contributed by atoms with van der Waals surface area (Å²) in [5.41, 5.74) is 2.08. The van der Waals surface area contributed by atoms with Gasteiger partial charge in [-0.25, -0.2) is 9.78 Å². The maximum absolute atomic E-state index is 11.7. The number of anilines is 1. The van der Waals surface area contributed by atoms with Gasteiger partial charge in [-0.1, -0.05) is 6.92 Å². The van der Waals surface area contributed by atoms with E-state index < -0.39 is 0 Å². The summed E-state index contributed by atoms with van der Waals surface area (Å²) >= 11 is 1.45. The Bertz CT molecular complexity index is 418. The Kier molecular flexibility index (Phi) is 5.15. The van der Waals surface area contributed by atoms with Gasteiger partial charge in [-0.2, -0.15) is 0 Å². The van der Waals surface area contributed by atoms with Crippen LogP contribution in [0.4, 0.5) is 5.00 Å². The van der Waals surface area contributed by atoms with Crippen LogP contribution < -0.4 is 5.32 Å². The molecule has 1 aromatic rings. The lowest BCUT2D eigenvalue weighted by molar-refractivity contribution is 0.0521. The molecule has 1 heterocycles.